The van der Waals surface area contributed by atoms with Gasteiger partial charge in [-0.15, -0.1) is 0 Å². The number of carbonyl (C=O) groups excluding carboxylic acids is 1. The molecule has 1 unspecified atom stereocenters. The first-order valence-corrected chi connectivity index (χ1v) is 7.13. The van der Waals surface area contributed by atoms with Gasteiger partial charge in [0.25, 0.3) is 0 Å². The number of carboxylic acids is 1. The molecule has 0 spiro atoms. The summed E-state index contributed by atoms with van der Waals surface area (Å²) >= 11 is 0. The molecule has 0 aromatic heterocycles. The summed E-state index contributed by atoms with van der Waals surface area (Å²) in [5, 5.41) is 12.2. The van der Waals surface area contributed by atoms with Gasteiger partial charge in [0.2, 0.25) is 5.91 Å². The molecule has 5 heteroatoms. The molecule has 1 atom stereocenters. The van der Waals surface area contributed by atoms with Crippen LogP contribution in [0.1, 0.15) is 52.9 Å². The summed E-state index contributed by atoms with van der Waals surface area (Å²) in [5.41, 5.74) is 4.67. The summed E-state index contributed by atoms with van der Waals surface area (Å²) in [5.74, 6) is -0.723. The molecule has 1 amide bonds. The van der Waals surface area contributed by atoms with E-state index in [1.807, 2.05) is 13.8 Å². The molecule has 19 heavy (non-hydrogen) atoms. The molecule has 0 radical (unpaired) electrons. The molecular weight excluding hydrogens is 244 g/mol. The van der Waals surface area contributed by atoms with Crippen molar-refractivity contribution in [3.63, 3.8) is 0 Å². The van der Waals surface area contributed by atoms with Gasteiger partial charge in [0, 0.05) is 0 Å². The first-order chi connectivity index (χ1) is 8.82. The molecule has 0 aliphatic heterocycles. The second-order valence-electron chi connectivity index (χ2n) is 6.00. The standard InChI is InChI=1S/C14H26N2O3/c1-4-10-5-7-14(8-6-10,13(18)19)16-12(17)11(15)9(2)3/h9-11H,4-8,15H2,1-3H3,(H,16,17)(H,18,19). The van der Waals surface area contributed by atoms with Crippen LogP contribution in [0.25, 0.3) is 0 Å². The summed E-state index contributed by atoms with van der Waals surface area (Å²) in [4.78, 5) is 23.6. The smallest absolute Gasteiger partial charge is 0.329 e. The number of nitrogens with one attached hydrogen (secondary N) is 1. The Balaban J connectivity index is 2.74. The fourth-order valence-electron chi connectivity index (χ4n) is 2.59. The van der Waals surface area contributed by atoms with E-state index in [-0.39, 0.29) is 11.8 Å². The third-order valence-electron chi connectivity index (χ3n) is 4.33. The van der Waals surface area contributed by atoms with E-state index in [1.54, 1.807) is 0 Å². The normalized spacial score (nSPS) is 29.0. The van der Waals surface area contributed by atoms with Crippen molar-refractivity contribution >= 4 is 11.9 Å². The third-order valence-corrected chi connectivity index (χ3v) is 4.33. The van der Waals surface area contributed by atoms with Crippen molar-refractivity contribution < 1.29 is 14.7 Å². The highest BCUT2D eigenvalue weighted by atomic mass is 16.4. The third kappa shape index (κ3) is 3.69. The molecular formula is C14H26N2O3. The lowest BCUT2D eigenvalue weighted by Gasteiger charge is -2.38. The molecule has 1 aliphatic rings. The molecule has 0 bridgehead atoms. The average molecular weight is 270 g/mol. The van der Waals surface area contributed by atoms with Crippen molar-refractivity contribution in [3.8, 4) is 0 Å². The molecule has 110 valence electrons. The van der Waals surface area contributed by atoms with Gasteiger partial charge in [0.05, 0.1) is 6.04 Å². The van der Waals surface area contributed by atoms with Gasteiger partial charge in [-0.2, -0.15) is 0 Å². The fourth-order valence-corrected chi connectivity index (χ4v) is 2.59. The van der Waals surface area contributed by atoms with Crippen molar-refractivity contribution in [2.75, 3.05) is 0 Å². The lowest BCUT2D eigenvalue weighted by atomic mass is 9.75. The van der Waals surface area contributed by atoms with E-state index in [0.29, 0.717) is 18.8 Å². The van der Waals surface area contributed by atoms with Crippen LogP contribution < -0.4 is 11.1 Å². The van der Waals surface area contributed by atoms with Crippen molar-refractivity contribution in [2.45, 2.75) is 64.5 Å². The summed E-state index contributed by atoms with van der Waals surface area (Å²) in [6.07, 6.45) is 3.75. The van der Waals surface area contributed by atoms with E-state index in [0.717, 1.165) is 19.3 Å². The Morgan fingerprint density at radius 2 is 1.89 bits per heavy atom. The summed E-state index contributed by atoms with van der Waals surface area (Å²) in [6, 6.07) is -0.653. The van der Waals surface area contributed by atoms with Gasteiger partial charge in [-0.1, -0.05) is 27.2 Å². The van der Waals surface area contributed by atoms with Crippen molar-refractivity contribution in [1.82, 2.24) is 5.32 Å². The van der Waals surface area contributed by atoms with Crippen LogP contribution in [0, 0.1) is 11.8 Å². The number of amides is 1. The molecule has 0 aromatic rings. The number of aliphatic carboxylic acids is 1. The number of hydrogen-bond acceptors (Lipinski definition) is 3. The van der Waals surface area contributed by atoms with Crippen LogP contribution in [-0.2, 0) is 9.59 Å². The van der Waals surface area contributed by atoms with Gasteiger partial charge in [0.1, 0.15) is 5.54 Å². The van der Waals surface area contributed by atoms with Crippen LogP contribution in [0.15, 0.2) is 0 Å². The quantitative estimate of drug-likeness (QED) is 0.706. The molecule has 1 aliphatic carbocycles. The van der Waals surface area contributed by atoms with Crippen LogP contribution in [0.4, 0.5) is 0 Å². The SMILES string of the molecule is CCC1CCC(NC(=O)C(N)C(C)C)(C(=O)O)CC1. The molecule has 1 rings (SSSR count). The van der Waals surface area contributed by atoms with E-state index < -0.39 is 17.6 Å². The predicted octanol–water partition coefficient (Wildman–Crippen LogP) is 1.51. The Morgan fingerprint density at radius 3 is 2.26 bits per heavy atom. The largest absolute Gasteiger partial charge is 0.480 e. The number of carbonyl (C=O) groups is 2. The van der Waals surface area contributed by atoms with Crippen LogP contribution in [0.2, 0.25) is 0 Å². The summed E-state index contributed by atoms with van der Waals surface area (Å²) < 4.78 is 0. The monoisotopic (exact) mass is 270 g/mol. The number of nitrogens with two attached hydrogens (primary N) is 1. The predicted molar refractivity (Wildman–Crippen MR) is 73.6 cm³/mol. The van der Waals surface area contributed by atoms with Gasteiger partial charge in [-0.25, -0.2) is 4.79 Å². The topological polar surface area (TPSA) is 92.4 Å². The van der Waals surface area contributed by atoms with Crippen LogP contribution in [-0.4, -0.2) is 28.6 Å². The van der Waals surface area contributed by atoms with Crippen LogP contribution in [0.5, 0.6) is 0 Å². The number of rotatable bonds is 5. The van der Waals surface area contributed by atoms with E-state index in [1.165, 1.54) is 0 Å². The fraction of sp³-hybridized carbons (Fsp3) is 0.857. The highest BCUT2D eigenvalue weighted by Crippen LogP contribution is 2.34. The van der Waals surface area contributed by atoms with Gasteiger partial charge < -0.3 is 16.2 Å². The number of hydrogen-bond donors (Lipinski definition) is 3. The highest BCUT2D eigenvalue weighted by molar-refractivity contribution is 5.89. The van der Waals surface area contributed by atoms with Gasteiger partial charge in [0.15, 0.2) is 0 Å². The summed E-state index contributed by atoms with van der Waals surface area (Å²) in [7, 11) is 0. The van der Waals surface area contributed by atoms with Gasteiger partial charge >= 0.3 is 5.97 Å². The molecule has 0 aromatic carbocycles. The van der Waals surface area contributed by atoms with Crippen LogP contribution in [0.3, 0.4) is 0 Å². The lowest BCUT2D eigenvalue weighted by Crippen LogP contribution is -2.60. The zero-order chi connectivity index (χ0) is 14.6. The average Bonchev–Trinajstić information content (AvgIpc) is 2.38. The first-order valence-electron chi connectivity index (χ1n) is 7.13. The maximum absolute atomic E-state index is 12.0. The van der Waals surface area contributed by atoms with Crippen molar-refractivity contribution in [1.29, 1.82) is 0 Å². The minimum absolute atomic E-state index is 0.00201. The van der Waals surface area contributed by atoms with E-state index in [4.69, 9.17) is 5.73 Å². The second-order valence-corrected chi connectivity index (χ2v) is 6.00. The van der Waals surface area contributed by atoms with E-state index >= 15 is 0 Å². The molecule has 4 N–H and O–H groups in total. The zero-order valence-corrected chi connectivity index (χ0v) is 12.1. The minimum Gasteiger partial charge on any atom is -0.480 e. The Morgan fingerprint density at radius 1 is 1.37 bits per heavy atom. The van der Waals surface area contributed by atoms with Crippen LogP contribution >= 0.6 is 0 Å². The van der Waals surface area contributed by atoms with E-state index in [2.05, 4.69) is 12.2 Å². The Bertz CT molecular complexity index is 334. The lowest BCUT2D eigenvalue weighted by molar-refractivity contribution is -0.150. The zero-order valence-electron chi connectivity index (χ0n) is 12.1. The first kappa shape index (κ1) is 16.0. The molecule has 0 saturated heterocycles. The molecule has 1 fully saturated rings. The second kappa shape index (κ2) is 6.37. The van der Waals surface area contributed by atoms with Gasteiger partial charge in [-0.05, 0) is 37.5 Å². The Kier molecular flexibility index (Phi) is 5.35. The van der Waals surface area contributed by atoms with Gasteiger partial charge in [-0.3, -0.25) is 4.79 Å². The Hall–Kier alpha value is -1.10. The number of carboxylic acid groups (broad SMARTS) is 1. The molecule has 1 saturated carbocycles. The summed E-state index contributed by atoms with van der Waals surface area (Å²) in [6.45, 7) is 5.82. The van der Waals surface area contributed by atoms with Crippen molar-refractivity contribution in [2.24, 2.45) is 17.6 Å². The van der Waals surface area contributed by atoms with E-state index in [9.17, 15) is 14.7 Å². The maximum Gasteiger partial charge on any atom is 0.329 e. The molecule has 5 nitrogen and oxygen atoms in total. The molecule has 0 heterocycles. The highest BCUT2D eigenvalue weighted by Gasteiger charge is 2.43. The Labute approximate surface area is 114 Å². The minimum atomic E-state index is -1.12. The van der Waals surface area contributed by atoms with Crippen molar-refractivity contribution in [3.05, 3.63) is 0 Å². The maximum atomic E-state index is 12.0.